The average Bonchev–Trinajstić information content (AvgIpc) is 3.61. The lowest BCUT2D eigenvalue weighted by molar-refractivity contribution is -0.138. The Morgan fingerprint density at radius 3 is 2.59 bits per heavy atom. The van der Waals surface area contributed by atoms with Crippen molar-refractivity contribution in [1.29, 1.82) is 0 Å². The number of nitrogens with zero attached hydrogens (tertiary/aromatic N) is 3. The van der Waals surface area contributed by atoms with Gasteiger partial charge in [0, 0.05) is 12.5 Å². The maximum atomic E-state index is 12.3. The Morgan fingerprint density at radius 1 is 1.05 bits per heavy atom. The van der Waals surface area contributed by atoms with E-state index in [0.717, 1.165) is 67.6 Å². The zero-order chi connectivity index (χ0) is 31.1. The van der Waals surface area contributed by atoms with Gasteiger partial charge in [-0.05, 0) is 104 Å². The van der Waals surface area contributed by atoms with Gasteiger partial charge < -0.3 is 9.84 Å². The van der Waals surface area contributed by atoms with Crippen molar-refractivity contribution in [3.05, 3.63) is 29.3 Å². The number of hydrogen-bond acceptors (Lipinski definition) is 4. The first-order valence-electron chi connectivity index (χ1n) is 18.3. The molecule has 1 heterocycles. The summed E-state index contributed by atoms with van der Waals surface area (Å²) in [5, 5.41) is 18.6. The molecule has 0 aromatic carbocycles. The molecule has 1 aromatic rings. The molecule has 6 rings (SSSR count). The number of carboxylic acids is 1. The van der Waals surface area contributed by atoms with Gasteiger partial charge in [0.05, 0.1) is 12.2 Å². The van der Waals surface area contributed by atoms with Gasteiger partial charge in [-0.15, -0.1) is 5.10 Å². The van der Waals surface area contributed by atoms with E-state index in [1.807, 2.05) is 10.9 Å². The van der Waals surface area contributed by atoms with Gasteiger partial charge in [0.2, 0.25) is 5.76 Å². The van der Waals surface area contributed by atoms with Crippen LogP contribution in [0.25, 0.3) is 6.08 Å². The Balaban J connectivity index is 1.11. The highest BCUT2D eigenvalue weighted by Crippen LogP contribution is 2.67. The summed E-state index contributed by atoms with van der Waals surface area (Å²) in [7, 11) is 0. The van der Waals surface area contributed by atoms with Gasteiger partial charge in [-0.3, -0.25) is 0 Å². The number of allylic oxidation sites excluding steroid dienone is 1. The molecule has 0 aliphatic heterocycles. The second-order valence-electron chi connectivity index (χ2n) is 16.5. The zero-order valence-electron chi connectivity index (χ0n) is 28.3. The van der Waals surface area contributed by atoms with Crippen LogP contribution in [0.3, 0.4) is 0 Å². The Morgan fingerprint density at radius 2 is 1.84 bits per heavy atom. The van der Waals surface area contributed by atoms with Crippen molar-refractivity contribution in [2.75, 3.05) is 0 Å². The van der Waals surface area contributed by atoms with Gasteiger partial charge in [-0.2, -0.15) is 0 Å². The number of carboxylic acid groups (broad SMARTS) is 1. The van der Waals surface area contributed by atoms with E-state index in [9.17, 15) is 9.90 Å². The number of ether oxygens (including phenoxy) is 1. The molecule has 4 saturated carbocycles. The first kappa shape index (κ1) is 31.9. The molecule has 0 bridgehead atoms. The predicted octanol–water partition coefficient (Wildman–Crippen LogP) is 9.64. The van der Waals surface area contributed by atoms with Crippen LogP contribution in [0, 0.1) is 46.3 Å². The van der Waals surface area contributed by atoms with Crippen LogP contribution in [-0.4, -0.2) is 32.2 Å². The fourth-order valence-electron chi connectivity index (χ4n) is 11.1. The highest BCUT2D eigenvalue weighted by Gasteiger charge is 2.59. The molecule has 0 radical (unpaired) electrons. The van der Waals surface area contributed by atoms with E-state index in [1.54, 1.807) is 6.08 Å². The lowest BCUT2D eigenvalue weighted by Crippen LogP contribution is -2.51. The van der Waals surface area contributed by atoms with E-state index in [2.05, 4.69) is 51.0 Å². The highest BCUT2D eigenvalue weighted by molar-refractivity contribution is 5.89. The number of rotatable bonds is 10. The minimum atomic E-state index is -1.02. The molecular weight excluding hydrogens is 546 g/mol. The van der Waals surface area contributed by atoms with Crippen molar-refractivity contribution in [3.8, 4) is 0 Å². The minimum absolute atomic E-state index is 0.00322. The van der Waals surface area contributed by atoms with Crippen molar-refractivity contribution in [1.82, 2.24) is 15.0 Å². The third kappa shape index (κ3) is 6.17. The SMILES string of the molecule is CC(C)CCC[C@@H](C)[C@H]1CC[C@H]2[C@@H]3CC=C4C[C@@H](OC(=Cc5cn(C6CCCCC6)nn5)C(=O)O)CC[C@]4(C)[C@H]3CC[C@]12C. The van der Waals surface area contributed by atoms with Gasteiger partial charge in [0.15, 0.2) is 0 Å². The Kier molecular flexibility index (Phi) is 9.37. The Hall–Kier alpha value is -2.11. The third-order valence-corrected chi connectivity index (χ3v) is 13.5. The summed E-state index contributed by atoms with van der Waals surface area (Å²) in [5.74, 6) is 3.91. The van der Waals surface area contributed by atoms with Crippen molar-refractivity contribution in [2.45, 2.75) is 149 Å². The summed E-state index contributed by atoms with van der Waals surface area (Å²) < 4.78 is 8.18. The maximum absolute atomic E-state index is 12.3. The normalized spacial score (nSPS) is 36.7. The van der Waals surface area contributed by atoms with Gasteiger partial charge >= 0.3 is 5.97 Å². The summed E-state index contributed by atoms with van der Waals surface area (Å²) in [6.07, 6.45) is 25.7. The van der Waals surface area contributed by atoms with Crippen LogP contribution < -0.4 is 0 Å². The van der Waals surface area contributed by atoms with E-state index < -0.39 is 5.97 Å². The molecule has 6 nitrogen and oxygen atoms in total. The summed E-state index contributed by atoms with van der Waals surface area (Å²) in [6.45, 7) is 12.5. The monoisotopic (exact) mass is 605 g/mol. The van der Waals surface area contributed by atoms with Crippen molar-refractivity contribution < 1.29 is 14.6 Å². The minimum Gasteiger partial charge on any atom is -0.483 e. The fourth-order valence-corrected chi connectivity index (χ4v) is 11.1. The molecule has 0 amide bonds. The summed E-state index contributed by atoms with van der Waals surface area (Å²) in [6, 6.07) is 0.372. The fraction of sp³-hybridized carbons (Fsp3) is 0.816. The van der Waals surface area contributed by atoms with Crippen molar-refractivity contribution in [3.63, 3.8) is 0 Å². The molecule has 0 unspecified atom stereocenters. The van der Waals surface area contributed by atoms with Crippen LogP contribution in [0.4, 0.5) is 0 Å². The van der Waals surface area contributed by atoms with E-state index >= 15 is 0 Å². The first-order chi connectivity index (χ1) is 21.1. The maximum Gasteiger partial charge on any atom is 0.371 e. The summed E-state index contributed by atoms with van der Waals surface area (Å²) in [5.41, 5.74) is 2.83. The predicted molar refractivity (Wildman–Crippen MR) is 176 cm³/mol. The molecule has 5 aliphatic rings. The van der Waals surface area contributed by atoms with Crippen LogP contribution >= 0.6 is 0 Å². The smallest absolute Gasteiger partial charge is 0.371 e. The lowest BCUT2D eigenvalue weighted by atomic mass is 9.47. The molecule has 244 valence electrons. The number of aromatic nitrogens is 3. The number of hydrogen-bond donors (Lipinski definition) is 1. The summed E-state index contributed by atoms with van der Waals surface area (Å²) >= 11 is 0. The van der Waals surface area contributed by atoms with E-state index in [1.165, 1.54) is 76.2 Å². The molecule has 44 heavy (non-hydrogen) atoms. The largest absolute Gasteiger partial charge is 0.483 e. The lowest BCUT2D eigenvalue weighted by Gasteiger charge is -2.58. The highest BCUT2D eigenvalue weighted by atomic mass is 16.5. The van der Waals surface area contributed by atoms with E-state index in [4.69, 9.17) is 4.74 Å². The van der Waals surface area contributed by atoms with Gasteiger partial charge in [-0.25, -0.2) is 9.48 Å². The number of carbonyl (C=O) groups is 1. The second-order valence-corrected chi connectivity index (χ2v) is 16.5. The van der Waals surface area contributed by atoms with E-state index in [0.29, 0.717) is 17.2 Å². The molecule has 0 saturated heterocycles. The van der Waals surface area contributed by atoms with Crippen LogP contribution in [0.15, 0.2) is 23.6 Å². The molecule has 0 spiro atoms. The van der Waals surface area contributed by atoms with E-state index in [-0.39, 0.29) is 17.3 Å². The quantitative estimate of drug-likeness (QED) is 0.163. The van der Waals surface area contributed by atoms with Crippen LogP contribution in [0.1, 0.15) is 149 Å². The second kappa shape index (κ2) is 12.9. The molecule has 1 aromatic heterocycles. The van der Waals surface area contributed by atoms with Crippen LogP contribution in [0.5, 0.6) is 0 Å². The molecular formula is C38H59N3O3. The van der Waals surface area contributed by atoms with Gasteiger partial charge in [-0.1, -0.05) is 90.0 Å². The number of fused-ring (bicyclic) bond motifs is 5. The molecule has 1 N–H and O–H groups in total. The Bertz CT molecular complexity index is 1230. The van der Waals surface area contributed by atoms with Crippen molar-refractivity contribution in [2.24, 2.45) is 46.3 Å². The number of aliphatic carboxylic acids is 1. The van der Waals surface area contributed by atoms with Gasteiger partial charge in [0.25, 0.3) is 0 Å². The topological polar surface area (TPSA) is 77.2 Å². The Labute approximate surface area is 266 Å². The standard InChI is InChI=1S/C38H59N3O3/c1-25(2)10-9-11-26(3)32-16-17-33-31-15-14-27-22-30(18-20-37(27,4)34(31)19-21-38(32,33)5)44-35(36(42)43)23-28-24-41(40-39-28)29-12-7-6-8-13-29/h14,23-26,29-34H,6-13,15-22H2,1-5H3,(H,42,43)/t26-,30+,31+,32-,33+,34+,37+,38-/m1/s1. The molecule has 5 aliphatic carbocycles. The first-order valence-corrected chi connectivity index (χ1v) is 18.3. The molecule has 6 heteroatoms. The third-order valence-electron chi connectivity index (χ3n) is 13.5. The summed E-state index contributed by atoms with van der Waals surface area (Å²) in [4.78, 5) is 12.3. The zero-order valence-corrected chi connectivity index (χ0v) is 28.3. The average molecular weight is 606 g/mol. The van der Waals surface area contributed by atoms with Crippen molar-refractivity contribution >= 4 is 12.0 Å². The molecule has 8 atom stereocenters. The van der Waals surface area contributed by atoms with Gasteiger partial charge in [0.1, 0.15) is 11.8 Å². The van der Waals surface area contributed by atoms with Crippen LogP contribution in [-0.2, 0) is 9.53 Å². The van der Waals surface area contributed by atoms with Crippen LogP contribution in [0.2, 0.25) is 0 Å². The molecule has 4 fully saturated rings.